The van der Waals surface area contributed by atoms with E-state index in [0.29, 0.717) is 17.7 Å². The number of benzene rings is 1. The maximum Gasteiger partial charge on any atom is 0.410 e. The summed E-state index contributed by atoms with van der Waals surface area (Å²) in [5.41, 5.74) is 5.47. The smallest absolute Gasteiger partial charge is 0.410 e. The van der Waals surface area contributed by atoms with E-state index in [9.17, 15) is 27.2 Å². The van der Waals surface area contributed by atoms with Gasteiger partial charge in [-0.25, -0.2) is 9.18 Å². The lowest BCUT2D eigenvalue weighted by Gasteiger charge is -2.36. The van der Waals surface area contributed by atoms with Crippen LogP contribution in [0.2, 0.25) is 5.02 Å². The van der Waals surface area contributed by atoms with Crippen LogP contribution in [0.25, 0.3) is 11.3 Å². The summed E-state index contributed by atoms with van der Waals surface area (Å²) >= 11 is 5.79. The molecule has 168 valence electrons. The Morgan fingerprint density at radius 3 is 2.65 bits per heavy atom. The highest BCUT2D eigenvalue weighted by Gasteiger charge is 2.50. The van der Waals surface area contributed by atoms with Crippen LogP contribution in [-0.2, 0) is 17.8 Å². The molecule has 3 rings (SSSR count). The molecule has 31 heavy (non-hydrogen) atoms. The number of alkyl halides is 3. The number of rotatable bonds is 5. The molecule has 7 nitrogen and oxygen atoms in total. The van der Waals surface area contributed by atoms with Gasteiger partial charge in [-0.15, -0.1) is 0 Å². The zero-order valence-electron chi connectivity index (χ0n) is 16.4. The van der Waals surface area contributed by atoms with E-state index in [4.69, 9.17) is 22.1 Å². The Kier molecular flexibility index (Phi) is 6.44. The molecule has 1 aromatic carbocycles. The predicted molar refractivity (Wildman–Crippen MR) is 103 cm³/mol. The quantitative estimate of drug-likeness (QED) is 0.534. The first-order chi connectivity index (χ1) is 14.5. The summed E-state index contributed by atoms with van der Waals surface area (Å²) < 4.78 is 60.5. The number of aromatic nitrogens is 2. The minimum absolute atomic E-state index is 0.0240. The number of fused-ring (bicyclic) bond motifs is 1. The second-order valence-corrected chi connectivity index (χ2v) is 7.41. The van der Waals surface area contributed by atoms with Crippen LogP contribution < -0.4 is 5.73 Å². The second kappa shape index (κ2) is 8.74. The van der Waals surface area contributed by atoms with E-state index in [2.05, 4.69) is 5.10 Å². The monoisotopic (exact) mass is 462 g/mol. The molecule has 0 saturated heterocycles. The first kappa shape index (κ1) is 22.9. The van der Waals surface area contributed by atoms with Crippen molar-refractivity contribution in [2.45, 2.75) is 45.1 Å². The van der Waals surface area contributed by atoms with Crippen molar-refractivity contribution in [2.24, 2.45) is 5.73 Å². The molecule has 0 spiro atoms. The molecule has 2 aromatic rings. The van der Waals surface area contributed by atoms with E-state index in [1.807, 2.05) is 6.92 Å². The van der Waals surface area contributed by atoms with Crippen LogP contribution in [0.4, 0.5) is 22.4 Å². The zero-order chi connectivity index (χ0) is 22.9. The Balaban J connectivity index is 2.06. The van der Waals surface area contributed by atoms with Crippen molar-refractivity contribution in [2.75, 3.05) is 6.61 Å². The van der Waals surface area contributed by atoms with Gasteiger partial charge in [0, 0.05) is 5.56 Å². The van der Waals surface area contributed by atoms with Gasteiger partial charge in [0.15, 0.2) is 6.04 Å². The second-order valence-electron chi connectivity index (χ2n) is 7.00. The summed E-state index contributed by atoms with van der Waals surface area (Å²) in [6, 6.07) is 1.30. The van der Waals surface area contributed by atoms with Crippen molar-refractivity contribution in [3.8, 4) is 11.3 Å². The summed E-state index contributed by atoms with van der Waals surface area (Å²) in [6.07, 6.45) is -4.72. The summed E-state index contributed by atoms with van der Waals surface area (Å²) in [4.78, 5) is 25.0. The van der Waals surface area contributed by atoms with Crippen molar-refractivity contribution in [3.05, 3.63) is 40.3 Å². The number of hydrogen-bond acceptors (Lipinski definition) is 4. The van der Waals surface area contributed by atoms with Gasteiger partial charge < -0.3 is 10.5 Å². The molecule has 0 radical (unpaired) electrons. The maximum atomic E-state index is 13.7. The molecule has 0 saturated carbocycles. The number of ether oxygens (including phenoxy) is 1. The number of halogens is 5. The Labute approximate surface area is 179 Å². The number of primary amides is 1. The fourth-order valence-corrected chi connectivity index (χ4v) is 3.49. The SMILES string of the molecule is CCCCOC(=O)N1Cc2c(C(N)=O)c(-c3ccc(F)c(Cl)c3)nn2CC1C(F)(F)F. The molecular formula is C19H19ClF4N4O3. The van der Waals surface area contributed by atoms with E-state index < -0.39 is 43.1 Å². The van der Waals surface area contributed by atoms with Gasteiger partial charge in [0.25, 0.3) is 5.91 Å². The van der Waals surface area contributed by atoms with Gasteiger partial charge in [-0.05, 0) is 24.6 Å². The van der Waals surface area contributed by atoms with E-state index in [1.54, 1.807) is 0 Å². The molecule has 1 aliphatic rings. The van der Waals surface area contributed by atoms with Crippen LogP contribution in [0.15, 0.2) is 18.2 Å². The molecule has 1 atom stereocenters. The average Bonchev–Trinajstić information content (AvgIpc) is 3.07. The maximum absolute atomic E-state index is 13.7. The highest BCUT2D eigenvalue weighted by molar-refractivity contribution is 6.31. The largest absolute Gasteiger partial charge is 0.449 e. The van der Waals surface area contributed by atoms with Crippen molar-refractivity contribution >= 4 is 23.6 Å². The molecule has 0 aliphatic carbocycles. The van der Waals surface area contributed by atoms with Gasteiger partial charge in [-0.3, -0.25) is 14.4 Å². The lowest BCUT2D eigenvalue weighted by Crippen LogP contribution is -2.54. The molecule has 0 fully saturated rings. The molecule has 0 bridgehead atoms. The van der Waals surface area contributed by atoms with Gasteiger partial charge in [0.05, 0.1) is 36.0 Å². The van der Waals surface area contributed by atoms with Gasteiger partial charge >= 0.3 is 12.3 Å². The molecule has 1 aromatic heterocycles. The number of hydrogen-bond donors (Lipinski definition) is 1. The highest BCUT2D eigenvalue weighted by Crippen LogP contribution is 2.36. The third kappa shape index (κ3) is 4.60. The lowest BCUT2D eigenvalue weighted by atomic mass is 10.0. The van der Waals surface area contributed by atoms with Crippen LogP contribution in [0.1, 0.15) is 35.8 Å². The van der Waals surface area contributed by atoms with Crippen LogP contribution >= 0.6 is 11.6 Å². The minimum atomic E-state index is -4.76. The fraction of sp³-hybridized carbons (Fsp3) is 0.421. The Morgan fingerprint density at radius 1 is 1.35 bits per heavy atom. The van der Waals surface area contributed by atoms with E-state index in [1.165, 1.54) is 12.1 Å². The van der Waals surface area contributed by atoms with Gasteiger partial charge in [0.2, 0.25) is 0 Å². The van der Waals surface area contributed by atoms with Gasteiger partial charge in [-0.1, -0.05) is 24.9 Å². The van der Waals surface area contributed by atoms with Gasteiger partial charge in [0.1, 0.15) is 11.5 Å². The Hall–Kier alpha value is -2.82. The van der Waals surface area contributed by atoms with Gasteiger partial charge in [-0.2, -0.15) is 18.3 Å². The molecule has 1 unspecified atom stereocenters. The van der Waals surface area contributed by atoms with E-state index in [0.717, 1.165) is 10.7 Å². The molecule has 2 heterocycles. The zero-order valence-corrected chi connectivity index (χ0v) is 17.1. The van der Waals surface area contributed by atoms with Crippen LogP contribution in [0.3, 0.4) is 0 Å². The number of carbonyl (C=O) groups is 2. The first-order valence-electron chi connectivity index (χ1n) is 9.39. The molecular weight excluding hydrogens is 444 g/mol. The third-order valence-corrected chi connectivity index (χ3v) is 5.16. The Bertz CT molecular complexity index is 1010. The lowest BCUT2D eigenvalue weighted by molar-refractivity contribution is -0.188. The van der Waals surface area contributed by atoms with E-state index in [-0.39, 0.29) is 34.1 Å². The van der Waals surface area contributed by atoms with Crippen molar-refractivity contribution in [3.63, 3.8) is 0 Å². The average molecular weight is 463 g/mol. The normalized spacial score (nSPS) is 16.2. The molecule has 2 amide bonds. The molecule has 12 heteroatoms. The standard InChI is InChI=1S/C19H19ClF4N4O3/c1-2-3-6-31-18(30)27-8-13-15(17(25)29)16(10-4-5-12(21)11(20)7-10)26-28(13)9-14(27)19(22,23)24/h4-5,7,14H,2-3,6,8-9H2,1H3,(H2,25,29). The van der Waals surface area contributed by atoms with Crippen LogP contribution in [-0.4, -0.2) is 45.5 Å². The summed E-state index contributed by atoms with van der Waals surface area (Å²) in [6.45, 7) is 0.470. The number of carbonyl (C=O) groups excluding carboxylic acids is 2. The number of nitrogens with two attached hydrogens (primary N) is 1. The topological polar surface area (TPSA) is 90.4 Å². The van der Waals surface area contributed by atoms with Crippen LogP contribution in [0.5, 0.6) is 0 Å². The molecule has 2 N–H and O–H groups in total. The highest BCUT2D eigenvalue weighted by atomic mass is 35.5. The fourth-order valence-electron chi connectivity index (χ4n) is 3.31. The minimum Gasteiger partial charge on any atom is -0.449 e. The third-order valence-electron chi connectivity index (χ3n) is 4.88. The van der Waals surface area contributed by atoms with E-state index >= 15 is 0 Å². The van der Waals surface area contributed by atoms with Crippen LogP contribution in [0, 0.1) is 5.82 Å². The predicted octanol–water partition coefficient (Wildman–Crippen LogP) is 4.12. The van der Waals surface area contributed by atoms with Crippen molar-refractivity contribution < 1.29 is 31.9 Å². The summed E-state index contributed by atoms with van der Waals surface area (Å²) in [5.74, 6) is -1.67. The number of nitrogens with zero attached hydrogens (tertiary/aromatic N) is 3. The molecule has 1 aliphatic heterocycles. The number of amides is 2. The summed E-state index contributed by atoms with van der Waals surface area (Å²) in [5, 5.41) is 3.85. The number of unbranched alkanes of at least 4 members (excludes halogenated alkanes) is 1. The van der Waals surface area contributed by atoms with Crippen molar-refractivity contribution in [1.82, 2.24) is 14.7 Å². The Morgan fingerprint density at radius 2 is 2.06 bits per heavy atom. The van der Waals surface area contributed by atoms with Crippen molar-refractivity contribution in [1.29, 1.82) is 0 Å². The first-order valence-corrected chi connectivity index (χ1v) is 9.77. The summed E-state index contributed by atoms with van der Waals surface area (Å²) in [7, 11) is 0.